The summed E-state index contributed by atoms with van der Waals surface area (Å²) in [6.07, 6.45) is 3.75. The predicted octanol–water partition coefficient (Wildman–Crippen LogP) is 1.35. The van der Waals surface area contributed by atoms with Gasteiger partial charge in [-0.15, -0.1) is 0 Å². The Morgan fingerprint density at radius 1 is 1.29 bits per heavy atom. The number of rotatable bonds is 3. The minimum atomic E-state index is -0.0291. The highest BCUT2D eigenvalue weighted by molar-refractivity contribution is 5.92. The van der Waals surface area contributed by atoms with Crippen molar-refractivity contribution in [2.24, 2.45) is 7.05 Å². The van der Waals surface area contributed by atoms with E-state index in [4.69, 9.17) is 0 Å². The second kappa shape index (κ2) is 6.68. The number of piperazine rings is 1. The fourth-order valence-corrected chi connectivity index (χ4v) is 3.32. The van der Waals surface area contributed by atoms with E-state index in [2.05, 4.69) is 26.8 Å². The van der Waals surface area contributed by atoms with Gasteiger partial charge in [0.05, 0.1) is 6.04 Å². The average molecular weight is 328 g/mol. The number of carbonyl (C=O) groups is 1. The van der Waals surface area contributed by atoms with E-state index in [1.54, 1.807) is 12.3 Å². The first-order valence-electron chi connectivity index (χ1n) is 8.32. The molecule has 1 fully saturated rings. The Kier molecular flexibility index (Phi) is 4.62. The van der Waals surface area contributed by atoms with Crippen molar-refractivity contribution in [3.63, 3.8) is 0 Å². The van der Waals surface area contributed by atoms with Gasteiger partial charge in [-0.3, -0.25) is 9.69 Å². The van der Waals surface area contributed by atoms with Gasteiger partial charge in [0.2, 0.25) is 0 Å². The fraction of sp³-hybridized carbons (Fsp3) is 0.529. The molecule has 0 aliphatic carbocycles. The third-order valence-corrected chi connectivity index (χ3v) is 4.53. The number of hydrogen-bond acceptors (Lipinski definition) is 5. The van der Waals surface area contributed by atoms with Crippen LogP contribution in [0.1, 0.15) is 40.8 Å². The quantitative estimate of drug-likeness (QED) is 0.851. The number of imidazole rings is 1. The Hall–Kier alpha value is -2.28. The maximum Gasteiger partial charge on any atom is 0.272 e. The minimum Gasteiger partial charge on any atom is -0.337 e. The third kappa shape index (κ3) is 3.17. The largest absolute Gasteiger partial charge is 0.337 e. The number of aryl methyl sites for hydroxylation is 3. The Bertz CT molecular complexity index is 720. The summed E-state index contributed by atoms with van der Waals surface area (Å²) in [6, 6.07) is 1.87. The highest BCUT2D eigenvalue weighted by atomic mass is 16.2. The van der Waals surface area contributed by atoms with Crippen molar-refractivity contribution < 1.29 is 4.79 Å². The lowest BCUT2D eigenvalue weighted by Gasteiger charge is -2.40. The standard InChI is InChI=1S/C17H24N6O/c1-5-22-8-9-23(11-15(22)16-18-6-7-21(16)4)17(24)14-10-12(2)19-13(3)20-14/h6-7,10,15H,5,8-9,11H2,1-4H3/t15-/m0/s1. The zero-order valence-electron chi connectivity index (χ0n) is 14.7. The smallest absolute Gasteiger partial charge is 0.272 e. The van der Waals surface area contributed by atoms with E-state index in [1.165, 1.54) is 0 Å². The van der Waals surface area contributed by atoms with Crippen molar-refractivity contribution in [3.8, 4) is 0 Å². The molecule has 7 nitrogen and oxygen atoms in total. The van der Waals surface area contributed by atoms with Gasteiger partial charge in [-0.05, 0) is 26.5 Å². The summed E-state index contributed by atoms with van der Waals surface area (Å²) in [7, 11) is 1.99. The van der Waals surface area contributed by atoms with Crippen LogP contribution >= 0.6 is 0 Å². The van der Waals surface area contributed by atoms with Gasteiger partial charge in [0, 0.05) is 44.8 Å². The first-order valence-corrected chi connectivity index (χ1v) is 8.32. The second-order valence-electron chi connectivity index (χ2n) is 6.23. The molecule has 2 aromatic rings. The number of hydrogen-bond donors (Lipinski definition) is 0. The molecule has 2 aromatic heterocycles. The van der Waals surface area contributed by atoms with Crippen LogP contribution in [0.4, 0.5) is 0 Å². The molecule has 0 bridgehead atoms. The summed E-state index contributed by atoms with van der Waals surface area (Å²) >= 11 is 0. The molecule has 1 atom stereocenters. The van der Waals surface area contributed by atoms with E-state index < -0.39 is 0 Å². The lowest BCUT2D eigenvalue weighted by atomic mass is 10.1. The zero-order valence-corrected chi connectivity index (χ0v) is 14.7. The zero-order chi connectivity index (χ0) is 17.3. The molecule has 1 aliphatic heterocycles. The Balaban J connectivity index is 1.84. The SMILES string of the molecule is CCN1CCN(C(=O)c2cc(C)nc(C)n2)C[C@H]1c1nccn1C. The summed E-state index contributed by atoms with van der Waals surface area (Å²) in [4.78, 5) is 30.2. The average Bonchev–Trinajstić information content (AvgIpc) is 2.98. The van der Waals surface area contributed by atoms with Crippen molar-refractivity contribution in [2.75, 3.05) is 26.2 Å². The van der Waals surface area contributed by atoms with E-state index in [1.807, 2.05) is 36.6 Å². The summed E-state index contributed by atoms with van der Waals surface area (Å²) < 4.78 is 2.03. The van der Waals surface area contributed by atoms with Gasteiger partial charge in [-0.2, -0.15) is 0 Å². The van der Waals surface area contributed by atoms with Crippen LogP contribution in [0.5, 0.6) is 0 Å². The van der Waals surface area contributed by atoms with E-state index >= 15 is 0 Å². The normalized spacial score (nSPS) is 18.8. The maximum absolute atomic E-state index is 12.9. The highest BCUT2D eigenvalue weighted by Crippen LogP contribution is 2.24. The Labute approximate surface area is 142 Å². The van der Waals surface area contributed by atoms with E-state index in [0.29, 0.717) is 24.6 Å². The highest BCUT2D eigenvalue weighted by Gasteiger charge is 2.32. The van der Waals surface area contributed by atoms with Gasteiger partial charge in [0.1, 0.15) is 17.3 Å². The number of likely N-dealkylation sites (N-methyl/N-ethyl adjacent to an activating group) is 1. The molecule has 7 heteroatoms. The van der Waals surface area contributed by atoms with Crippen LogP contribution in [0.2, 0.25) is 0 Å². The summed E-state index contributed by atoms with van der Waals surface area (Å²) in [5.74, 6) is 1.59. The van der Waals surface area contributed by atoms with E-state index in [-0.39, 0.29) is 11.9 Å². The fourth-order valence-electron chi connectivity index (χ4n) is 3.32. The van der Waals surface area contributed by atoms with Crippen molar-refractivity contribution in [2.45, 2.75) is 26.8 Å². The molecule has 0 unspecified atom stereocenters. The predicted molar refractivity (Wildman–Crippen MR) is 90.6 cm³/mol. The van der Waals surface area contributed by atoms with E-state index in [0.717, 1.165) is 24.6 Å². The molecular weight excluding hydrogens is 304 g/mol. The molecule has 0 radical (unpaired) electrons. The van der Waals surface area contributed by atoms with Crippen LogP contribution in [0.15, 0.2) is 18.5 Å². The summed E-state index contributed by atoms with van der Waals surface area (Å²) in [5.41, 5.74) is 1.29. The second-order valence-corrected chi connectivity index (χ2v) is 6.23. The van der Waals surface area contributed by atoms with Crippen LogP contribution in [0.25, 0.3) is 0 Å². The topological polar surface area (TPSA) is 67.2 Å². The first kappa shape index (κ1) is 16.6. The van der Waals surface area contributed by atoms with Crippen molar-refractivity contribution in [3.05, 3.63) is 41.5 Å². The molecule has 0 saturated carbocycles. The van der Waals surface area contributed by atoms with Crippen LogP contribution in [0, 0.1) is 13.8 Å². The molecule has 0 N–H and O–H groups in total. The molecule has 0 spiro atoms. The summed E-state index contributed by atoms with van der Waals surface area (Å²) in [5, 5.41) is 0. The van der Waals surface area contributed by atoms with Gasteiger partial charge >= 0.3 is 0 Å². The van der Waals surface area contributed by atoms with Gasteiger partial charge in [-0.25, -0.2) is 15.0 Å². The molecule has 24 heavy (non-hydrogen) atoms. The molecule has 1 amide bonds. The van der Waals surface area contributed by atoms with Crippen molar-refractivity contribution >= 4 is 5.91 Å². The molecule has 3 heterocycles. The number of amides is 1. The molecular formula is C17H24N6O. The summed E-state index contributed by atoms with van der Waals surface area (Å²) in [6.45, 7) is 8.95. The maximum atomic E-state index is 12.9. The number of aromatic nitrogens is 4. The van der Waals surface area contributed by atoms with E-state index in [9.17, 15) is 4.79 Å². The monoisotopic (exact) mass is 328 g/mol. The first-order chi connectivity index (χ1) is 11.5. The molecule has 1 aliphatic rings. The number of nitrogens with zero attached hydrogens (tertiary/aromatic N) is 6. The van der Waals surface area contributed by atoms with Crippen molar-refractivity contribution in [1.29, 1.82) is 0 Å². The number of carbonyl (C=O) groups excluding carboxylic acids is 1. The van der Waals surface area contributed by atoms with Crippen LogP contribution in [0.3, 0.4) is 0 Å². The van der Waals surface area contributed by atoms with Gasteiger partial charge in [0.15, 0.2) is 0 Å². The van der Waals surface area contributed by atoms with Crippen LogP contribution in [-0.4, -0.2) is 61.4 Å². The van der Waals surface area contributed by atoms with Gasteiger partial charge in [-0.1, -0.05) is 6.92 Å². The van der Waals surface area contributed by atoms with Gasteiger partial charge in [0.25, 0.3) is 5.91 Å². The molecule has 128 valence electrons. The Morgan fingerprint density at radius 3 is 2.71 bits per heavy atom. The Morgan fingerprint density at radius 2 is 2.08 bits per heavy atom. The molecule has 0 aromatic carbocycles. The molecule has 1 saturated heterocycles. The lowest BCUT2D eigenvalue weighted by Crippen LogP contribution is -2.51. The van der Waals surface area contributed by atoms with Crippen molar-refractivity contribution in [1.82, 2.24) is 29.3 Å². The van der Waals surface area contributed by atoms with Gasteiger partial charge < -0.3 is 9.47 Å². The van der Waals surface area contributed by atoms with Crippen LogP contribution < -0.4 is 0 Å². The molecule has 3 rings (SSSR count). The van der Waals surface area contributed by atoms with Crippen LogP contribution in [-0.2, 0) is 7.05 Å². The minimum absolute atomic E-state index is 0.0291. The third-order valence-electron chi connectivity index (χ3n) is 4.53. The lowest BCUT2D eigenvalue weighted by molar-refractivity contribution is 0.0467.